The molecule has 1 aromatic heterocycles. The van der Waals surface area contributed by atoms with Crippen molar-refractivity contribution in [1.29, 1.82) is 0 Å². The molecule has 1 fully saturated rings. The Morgan fingerprint density at radius 2 is 2.04 bits per heavy atom. The van der Waals surface area contributed by atoms with Gasteiger partial charge >= 0.3 is 0 Å². The molecule has 1 aliphatic rings. The number of guanidine groups is 1. The minimum absolute atomic E-state index is 0.127. The number of carbonyl (C=O) groups is 1. The molecule has 1 aliphatic heterocycles. The average molecular weight is 390 g/mol. The summed E-state index contributed by atoms with van der Waals surface area (Å²) in [6, 6.07) is 3.86. The van der Waals surface area contributed by atoms with Gasteiger partial charge in [0.05, 0.1) is 19.2 Å². The molecule has 0 radical (unpaired) electrons. The zero-order valence-corrected chi connectivity index (χ0v) is 17.7. The molecule has 1 unspecified atom stereocenters. The van der Waals surface area contributed by atoms with Crippen LogP contribution in [0.15, 0.2) is 23.3 Å². The van der Waals surface area contributed by atoms with Gasteiger partial charge in [0.1, 0.15) is 0 Å². The molecule has 0 aromatic carbocycles. The Hall–Kier alpha value is -2.31. The van der Waals surface area contributed by atoms with Crippen LogP contribution >= 0.6 is 0 Å². The van der Waals surface area contributed by atoms with Gasteiger partial charge < -0.3 is 20.3 Å². The van der Waals surface area contributed by atoms with Crippen LogP contribution in [0.1, 0.15) is 52.5 Å². The van der Waals surface area contributed by atoms with E-state index >= 15 is 0 Å². The molecule has 156 valence electrons. The topological polar surface area (TPSA) is 78.9 Å². The monoisotopic (exact) mass is 389 g/mol. The fraction of sp³-hybridized carbons (Fsp3) is 0.667. The highest BCUT2D eigenvalue weighted by Crippen LogP contribution is 2.15. The lowest BCUT2D eigenvalue weighted by atomic mass is 10.1. The first-order valence-electron chi connectivity index (χ1n) is 10.4. The largest absolute Gasteiger partial charge is 0.475 e. The van der Waals surface area contributed by atoms with Crippen molar-refractivity contribution in [3.8, 4) is 5.88 Å². The van der Waals surface area contributed by atoms with Crippen LogP contribution in [0.25, 0.3) is 0 Å². The van der Waals surface area contributed by atoms with Gasteiger partial charge in [0.2, 0.25) is 11.8 Å². The van der Waals surface area contributed by atoms with E-state index in [0.29, 0.717) is 24.3 Å². The molecule has 1 aromatic rings. The normalized spacial score (nSPS) is 15.6. The lowest BCUT2D eigenvalue weighted by Crippen LogP contribution is -2.44. The maximum atomic E-state index is 12.2. The molecule has 0 aliphatic carbocycles. The highest BCUT2D eigenvalue weighted by molar-refractivity contribution is 5.86. The second kappa shape index (κ2) is 11.5. The molecule has 7 heteroatoms. The van der Waals surface area contributed by atoms with E-state index in [2.05, 4.69) is 41.4 Å². The molecule has 1 atom stereocenters. The van der Waals surface area contributed by atoms with Crippen LogP contribution in [0.4, 0.5) is 0 Å². The number of rotatable bonds is 9. The predicted molar refractivity (Wildman–Crippen MR) is 112 cm³/mol. The van der Waals surface area contributed by atoms with E-state index in [1.165, 1.54) is 0 Å². The lowest BCUT2D eigenvalue weighted by molar-refractivity contribution is -0.128. The summed E-state index contributed by atoms with van der Waals surface area (Å²) in [6.45, 7) is 11.7. The number of ether oxygens (including phenoxy) is 1. The van der Waals surface area contributed by atoms with Gasteiger partial charge in [-0.15, -0.1) is 0 Å². The van der Waals surface area contributed by atoms with Crippen molar-refractivity contribution in [2.75, 3.05) is 26.2 Å². The van der Waals surface area contributed by atoms with Gasteiger partial charge in [0.25, 0.3) is 0 Å². The number of aliphatic imine (C=N–C) groups is 1. The summed E-state index contributed by atoms with van der Waals surface area (Å²) in [7, 11) is 0. The highest BCUT2D eigenvalue weighted by Gasteiger charge is 2.17. The minimum atomic E-state index is 0.127. The second-order valence-electron chi connectivity index (χ2n) is 7.70. The fourth-order valence-corrected chi connectivity index (χ4v) is 3.28. The van der Waals surface area contributed by atoms with E-state index in [9.17, 15) is 4.79 Å². The smallest absolute Gasteiger partial charge is 0.241 e. The number of aromatic nitrogens is 1. The Morgan fingerprint density at radius 1 is 1.29 bits per heavy atom. The van der Waals surface area contributed by atoms with Gasteiger partial charge in [-0.3, -0.25) is 4.79 Å². The first-order valence-corrected chi connectivity index (χ1v) is 10.4. The first-order chi connectivity index (χ1) is 13.5. The number of pyridine rings is 1. The van der Waals surface area contributed by atoms with Gasteiger partial charge in [-0.2, -0.15) is 0 Å². The molecule has 1 amide bonds. The van der Waals surface area contributed by atoms with Crippen LogP contribution in [0, 0.1) is 5.92 Å². The zero-order valence-electron chi connectivity index (χ0n) is 17.7. The van der Waals surface area contributed by atoms with Crippen LogP contribution in [-0.2, 0) is 11.3 Å². The summed E-state index contributed by atoms with van der Waals surface area (Å²) in [4.78, 5) is 23.0. The molecule has 0 bridgehead atoms. The van der Waals surface area contributed by atoms with Gasteiger partial charge in [-0.1, -0.05) is 13.8 Å². The van der Waals surface area contributed by atoms with Gasteiger partial charge in [0, 0.05) is 31.9 Å². The van der Waals surface area contributed by atoms with Crippen LogP contribution < -0.4 is 15.4 Å². The van der Waals surface area contributed by atoms with Gasteiger partial charge in [0.15, 0.2) is 5.96 Å². The Kier molecular flexibility index (Phi) is 9.04. The summed E-state index contributed by atoms with van der Waals surface area (Å²) < 4.78 is 5.92. The fourth-order valence-electron chi connectivity index (χ4n) is 3.28. The SMILES string of the molecule is CCNC(=NCc1ccnc(OC(C)CC(C)C)c1)NCC(=O)N1CCCC1. The molecule has 28 heavy (non-hydrogen) atoms. The maximum Gasteiger partial charge on any atom is 0.241 e. The molecule has 0 spiro atoms. The van der Waals surface area contributed by atoms with Crippen LogP contribution in [0.3, 0.4) is 0 Å². The Morgan fingerprint density at radius 3 is 2.71 bits per heavy atom. The van der Waals surface area contributed by atoms with Crippen molar-refractivity contribution in [2.24, 2.45) is 10.9 Å². The van der Waals surface area contributed by atoms with Crippen molar-refractivity contribution in [1.82, 2.24) is 20.5 Å². The number of carbonyl (C=O) groups excluding carboxylic acids is 1. The number of hydrogen-bond acceptors (Lipinski definition) is 4. The number of nitrogens with one attached hydrogen (secondary N) is 2. The number of hydrogen-bond donors (Lipinski definition) is 2. The molecular weight excluding hydrogens is 354 g/mol. The molecule has 2 heterocycles. The van der Waals surface area contributed by atoms with E-state index in [4.69, 9.17) is 4.74 Å². The molecule has 0 saturated carbocycles. The third-order valence-electron chi connectivity index (χ3n) is 4.55. The van der Waals surface area contributed by atoms with Crippen molar-refractivity contribution in [3.05, 3.63) is 23.9 Å². The molecule has 7 nitrogen and oxygen atoms in total. The number of amides is 1. The van der Waals surface area contributed by atoms with E-state index in [1.54, 1.807) is 6.20 Å². The average Bonchev–Trinajstić information content (AvgIpc) is 3.18. The lowest BCUT2D eigenvalue weighted by Gasteiger charge is -2.17. The van der Waals surface area contributed by atoms with Gasteiger partial charge in [-0.25, -0.2) is 9.98 Å². The van der Waals surface area contributed by atoms with Crippen molar-refractivity contribution in [3.63, 3.8) is 0 Å². The Labute approximate surface area is 169 Å². The maximum absolute atomic E-state index is 12.2. The number of likely N-dealkylation sites (tertiary alicyclic amines) is 1. The minimum Gasteiger partial charge on any atom is -0.475 e. The standard InChI is InChI=1S/C21H35N5O2/c1-5-22-21(25-15-20(27)26-10-6-7-11-26)24-14-18-8-9-23-19(13-18)28-17(4)12-16(2)3/h8-9,13,16-17H,5-7,10-12,14-15H2,1-4H3,(H2,22,24,25). The van der Waals surface area contributed by atoms with Gasteiger partial charge in [-0.05, 0) is 50.7 Å². The Balaban J connectivity index is 1.90. The summed E-state index contributed by atoms with van der Waals surface area (Å²) >= 11 is 0. The van der Waals surface area contributed by atoms with Crippen molar-refractivity contribution >= 4 is 11.9 Å². The van der Waals surface area contributed by atoms with E-state index < -0.39 is 0 Å². The highest BCUT2D eigenvalue weighted by atomic mass is 16.5. The van der Waals surface area contributed by atoms with Crippen LogP contribution in [0.5, 0.6) is 5.88 Å². The summed E-state index contributed by atoms with van der Waals surface area (Å²) in [6.07, 6.45) is 5.06. The van der Waals surface area contributed by atoms with E-state index in [-0.39, 0.29) is 18.6 Å². The van der Waals surface area contributed by atoms with E-state index in [1.807, 2.05) is 24.0 Å². The summed E-state index contributed by atoms with van der Waals surface area (Å²) in [5.41, 5.74) is 1.02. The third kappa shape index (κ3) is 7.74. The predicted octanol–water partition coefficient (Wildman–Crippen LogP) is 2.57. The number of nitrogens with zero attached hydrogens (tertiary/aromatic N) is 3. The summed E-state index contributed by atoms with van der Waals surface area (Å²) in [5, 5.41) is 6.33. The summed E-state index contributed by atoms with van der Waals surface area (Å²) in [5.74, 6) is 1.98. The van der Waals surface area contributed by atoms with E-state index in [0.717, 1.165) is 44.5 Å². The molecule has 1 saturated heterocycles. The van der Waals surface area contributed by atoms with Crippen molar-refractivity contribution < 1.29 is 9.53 Å². The first kappa shape index (κ1) is 22.0. The van der Waals surface area contributed by atoms with Crippen LogP contribution in [-0.4, -0.2) is 54.0 Å². The molecule has 2 rings (SSSR count). The molecule has 2 N–H and O–H groups in total. The second-order valence-corrected chi connectivity index (χ2v) is 7.70. The third-order valence-corrected chi connectivity index (χ3v) is 4.55. The van der Waals surface area contributed by atoms with Crippen LogP contribution in [0.2, 0.25) is 0 Å². The Bertz CT molecular complexity index is 641. The zero-order chi connectivity index (χ0) is 20.4. The van der Waals surface area contributed by atoms with Crippen molar-refractivity contribution in [2.45, 2.75) is 59.6 Å². The quantitative estimate of drug-likeness (QED) is 0.501. The molecular formula is C21H35N5O2.